The molecule has 2 aromatic rings. The first-order chi connectivity index (χ1) is 14.6. The monoisotopic (exact) mass is 435 g/mol. The maximum atomic E-state index is 13.0. The highest BCUT2D eigenvalue weighted by Crippen LogP contribution is 2.38. The first-order valence-corrected chi connectivity index (χ1v) is 12.0. The van der Waals surface area contributed by atoms with Crippen molar-refractivity contribution in [1.29, 1.82) is 5.26 Å². The number of thioether (sulfide) groups is 1. The molecule has 1 aromatic carbocycles. The number of pyridine rings is 1. The third-order valence-corrected chi connectivity index (χ3v) is 7.63. The predicted molar refractivity (Wildman–Crippen MR) is 128 cm³/mol. The Kier molecular flexibility index (Phi) is 7.11. The van der Waals surface area contributed by atoms with Crippen LogP contribution in [-0.4, -0.2) is 16.1 Å². The van der Waals surface area contributed by atoms with E-state index in [0.717, 1.165) is 41.8 Å². The standard InChI is InChI=1S/C26H33N3OS/c1-7-23(24(30)28-22-12-16(2)8-9-17(22)3)31-25-19(15-27)13-18-14-20(26(4,5)6)10-11-21(18)29-25/h8-9,12-13,20,23H,7,10-11,14H2,1-6H3,(H,28,30). The molecular weight excluding hydrogens is 402 g/mol. The number of nitrogens with one attached hydrogen (secondary N) is 1. The van der Waals surface area contributed by atoms with Crippen LogP contribution in [0, 0.1) is 36.5 Å². The van der Waals surface area contributed by atoms with Gasteiger partial charge in [-0.15, -0.1) is 0 Å². The number of aromatic nitrogens is 1. The Morgan fingerprint density at radius 1 is 1.32 bits per heavy atom. The molecule has 3 rings (SSSR count). The third-order valence-electron chi connectivity index (χ3n) is 6.27. The smallest absolute Gasteiger partial charge is 0.237 e. The summed E-state index contributed by atoms with van der Waals surface area (Å²) in [4.78, 5) is 17.9. The number of hydrogen-bond donors (Lipinski definition) is 1. The molecule has 0 spiro atoms. The van der Waals surface area contributed by atoms with Gasteiger partial charge in [-0.2, -0.15) is 5.26 Å². The summed E-state index contributed by atoms with van der Waals surface area (Å²) in [5.74, 6) is 0.552. The summed E-state index contributed by atoms with van der Waals surface area (Å²) >= 11 is 1.41. The summed E-state index contributed by atoms with van der Waals surface area (Å²) in [6.07, 6.45) is 3.68. The van der Waals surface area contributed by atoms with Crippen molar-refractivity contribution in [3.05, 3.63) is 52.2 Å². The lowest BCUT2D eigenvalue weighted by molar-refractivity contribution is -0.115. The molecule has 2 atom stereocenters. The molecule has 0 bridgehead atoms. The van der Waals surface area contributed by atoms with E-state index in [4.69, 9.17) is 4.98 Å². The van der Waals surface area contributed by atoms with Crippen LogP contribution in [0.15, 0.2) is 29.3 Å². The molecule has 1 amide bonds. The van der Waals surface area contributed by atoms with Crippen LogP contribution in [0.25, 0.3) is 0 Å². The molecule has 0 aliphatic heterocycles. The van der Waals surface area contributed by atoms with Crippen LogP contribution in [0.4, 0.5) is 5.69 Å². The summed E-state index contributed by atoms with van der Waals surface area (Å²) < 4.78 is 0. The lowest BCUT2D eigenvalue weighted by Crippen LogP contribution is -2.28. The fourth-order valence-electron chi connectivity index (χ4n) is 4.10. The molecule has 1 aromatic heterocycles. The number of hydrogen-bond acceptors (Lipinski definition) is 4. The molecule has 1 heterocycles. The number of carbonyl (C=O) groups excluding carboxylic acids is 1. The van der Waals surface area contributed by atoms with Crippen molar-refractivity contribution in [3.8, 4) is 6.07 Å². The summed E-state index contributed by atoms with van der Waals surface area (Å²) in [5, 5.41) is 13.2. The van der Waals surface area contributed by atoms with Crippen molar-refractivity contribution in [2.24, 2.45) is 11.3 Å². The van der Waals surface area contributed by atoms with E-state index < -0.39 is 0 Å². The van der Waals surface area contributed by atoms with E-state index in [0.29, 0.717) is 22.9 Å². The summed E-state index contributed by atoms with van der Waals surface area (Å²) in [5.41, 5.74) is 6.10. The number of benzene rings is 1. The number of carbonyl (C=O) groups is 1. The topological polar surface area (TPSA) is 65.8 Å². The molecule has 0 fully saturated rings. The Hall–Kier alpha value is -2.32. The van der Waals surface area contributed by atoms with Crippen LogP contribution in [0.5, 0.6) is 0 Å². The molecule has 0 saturated carbocycles. The zero-order chi connectivity index (χ0) is 22.8. The fraction of sp³-hybridized carbons (Fsp3) is 0.500. The van der Waals surface area contributed by atoms with E-state index in [1.165, 1.54) is 17.3 Å². The molecule has 5 heteroatoms. The fourth-order valence-corrected chi connectivity index (χ4v) is 5.09. The van der Waals surface area contributed by atoms with Gasteiger partial charge in [0.15, 0.2) is 0 Å². The van der Waals surface area contributed by atoms with Gasteiger partial charge in [0.1, 0.15) is 11.1 Å². The molecule has 31 heavy (non-hydrogen) atoms. The van der Waals surface area contributed by atoms with Crippen LogP contribution in [0.3, 0.4) is 0 Å². The number of amides is 1. The number of nitrogens with zero attached hydrogens (tertiary/aromatic N) is 2. The van der Waals surface area contributed by atoms with Crippen LogP contribution >= 0.6 is 11.8 Å². The Labute approximate surface area is 190 Å². The number of rotatable bonds is 5. The summed E-state index contributed by atoms with van der Waals surface area (Å²) in [6, 6.07) is 10.4. The van der Waals surface area contributed by atoms with Crippen molar-refractivity contribution in [2.45, 2.75) is 77.5 Å². The Morgan fingerprint density at radius 2 is 2.06 bits per heavy atom. The minimum absolute atomic E-state index is 0.0441. The highest BCUT2D eigenvalue weighted by Gasteiger charge is 2.30. The second-order valence-corrected chi connectivity index (χ2v) is 10.9. The molecular formula is C26H33N3OS. The Morgan fingerprint density at radius 3 is 2.71 bits per heavy atom. The second-order valence-electron chi connectivity index (χ2n) is 9.69. The van der Waals surface area contributed by atoms with Gasteiger partial charge in [0.2, 0.25) is 5.91 Å². The quantitative estimate of drug-likeness (QED) is 0.565. The van der Waals surface area contributed by atoms with Crippen molar-refractivity contribution in [1.82, 2.24) is 4.98 Å². The highest BCUT2D eigenvalue weighted by atomic mass is 32.2. The van der Waals surface area contributed by atoms with Crippen molar-refractivity contribution < 1.29 is 4.79 Å². The third kappa shape index (κ3) is 5.49. The number of nitriles is 1. The number of aryl methyl sites for hydroxylation is 3. The van der Waals surface area contributed by atoms with E-state index in [1.54, 1.807) is 0 Å². The van der Waals surface area contributed by atoms with Crippen LogP contribution in [0.1, 0.15) is 68.5 Å². The number of anilines is 1. The van der Waals surface area contributed by atoms with Crippen LogP contribution in [0.2, 0.25) is 0 Å². The van der Waals surface area contributed by atoms with Gasteiger partial charge in [-0.05, 0) is 79.7 Å². The minimum atomic E-state index is -0.302. The van der Waals surface area contributed by atoms with E-state index in [9.17, 15) is 10.1 Å². The zero-order valence-electron chi connectivity index (χ0n) is 19.5. The zero-order valence-corrected chi connectivity index (χ0v) is 20.3. The largest absolute Gasteiger partial charge is 0.325 e. The van der Waals surface area contributed by atoms with Gasteiger partial charge in [0.25, 0.3) is 0 Å². The van der Waals surface area contributed by atoms with Crippen molar-refractivity contribution in [3.63, 3.8) is 0 Å². The van der Waals surface area contributed by atoms with Gasteiger partial charge < -0.3 is 5.32 Å². The van der Waals surface area contributed by atoms with Crippen molar-refractivity contribution in [2.75, 3.05) is 5.32 Å². The maximum absolute atomic E-state index is 13.0. The Balaban J connectivity index is 1.81. The average Bonchev–Trinajstić information content (AvgIpc) is 2.72. The first kappa shape index (κ1) is 23.3. The normalized spacial score (nSPS) is 16.9. The van der Waals surface area contributed by atoms with E-state index in [1.807, 2.05) is 45.0 Å². The molecule has 0 saturated heterocycles. The van der Waals surface area contributed by atoms with Crippen molar-refractivity contribution >= 4 is 23.4 Å². The highest BCUT2D eigenvalue weighted by molar-refractivity contribution is 8.00. The average molecular weight is 436 g/mol. The van der Waals surface area contributed by atoms with Gasteiger partial charge in [-0.25, -0.2) is 4.98 Å². The molecule has 164 valence electrons. The van der Waals surface area contributed by atoms with Gasteiger partial charge in [-0.3, -0.25) is 4.79 Å². The first-order valence-electron chi connectivity index (χ1n) is 11.1. The molecule has 1 aliphatic carbocycles. The maximum Gasteiger partial charge on any atom is 0.237 e. The molecule has 4 nitrogen and oxygen atoms in total. The van der Waals surface area contributed by atoms with E-state index in [-0.39, 0.29) is 16.6 Å². The lowest BCUT2D eigenvalue weighted by atomic mass is 9.71. The van der Waals surface area contributed by atoms with Crippen LogP contribution in [-0.2, 0) is 17.6 Å². The molecule has 2 unspecified atom stereocenters. The molecule has 1 aliphatic rings. The molecule has 0 radical (unpaired) electrons. The van der Waals surface area contributed by atoms with Gasteiger partial charge in [-0.1, -0.05) is 51.6 Å². The summed E-state index contributed by atoms with van der Waals surface area (Å²) in [7, 11) is 0. The van der Waals surface area contributed by atoms with Gasteiger partial charge in [0, 0.05) is 11.4 Å². The summed E-state index contributed by atoms with van der Waals surface area (Å²) in [6.45, 7) is 12.9. The second kappa shape index (κ2) is 9.44. The minimum Gasteiger partial charge on any atom is -0.325 e. The SMILES string of the molecule is CCC(Sc1nc2c(cc1C#N)CC(C(C)(C)C)CC2)C(=O)Nc1cc(C)ccc1C. The van der Waals surface area contributed by atoms with Gasteiger partial charge in [0.05, 0.1) is 10.8 Å². The molecule has 1 N–H and O–H groups in total. The predicted octanol–water partition coefficient (Wildman–Crippen LogP) is 6.23. The number of fused-ring (bicyclic) bond motifs is 1. The van der Waals surface area contributed by atoms with Crippen LogP contribution < -0.4 is 5.32 Å². The van der Waals surface area contributed by atoms with Gasteiger partial charge >= 0.3 is 0 Å². The van der Waals surface area contributed by atoms with E-state index in [2.05, 4.69) is 32.2 Å². The Bertz CT molecular complexity index is 1020. The van der Waals surface area contributed by atoms with E-state index >= 15 is 0 Å². The lowest BCUT2D eigenvalue weighted by Gasteiger charge is -2.34.